The molecule has 1 aromatic heterocycles. The van der Waals surface area contributed by atoms with E-state index < -0.39 is 11.6 Å². The van der Waals surface area contributed by atoms with Gasteiger partial charge in [-0.2, -0.15) is 0 Å². The number of rotatable bonds is 2. The first-order valence-electron chi connectivity index (χ1n) is 6.26. The molecule has 1 aliphatic carbocycles. The molecule has 1 aliphatic rings. The summed E-state index contributed by atoms with van der Waals surface area (Å²) in [6.45, 7) is 0. The molecule has 6 heteroatoms. The molecule has 1 saturated carbocycles. The molecular formula is C13H14BrN3O2. The van der Waals surface area contributed by atoms with E-state index in [9.17, 15) is 4.79 Å². The normalized spacial score (nSPS) is 17.7. The van der Waals surface area contributed by atoms with Gasteiger partial charge in [-0.15, -0.1) is 0 Å². The van der Waals surface area contributed by atoms with Gasteiger partial charge in [0.05, 0.1) is 11.0 Å². The Bertz CT molecular complexity index is 632. The van der Waals surface area contributed by atoms with Crippen LogP contribution in [0.3, 0.4) is 0 Å². The second-order valence-corrected chi connectivity index (χ2v) is 5.88. The van der Waals surface area contributed by atoms with E-state index >= 15 is 0 Å². The molecule has 0 spiro atoms. The Hall–Kier alpha value is -1.56. The van der Waals surface area contributed by atoms with Crippen LogP contribution in [0.1, 0.15) is 31.5 Å². The number of benzene rings is 1. The van der Waals surface area contributed by atoms with Gasteiger partial charge in [-0.05, 0) is 31.0 Å². The lowest BCUT2D eigenvalue weighted by atomic mass is 9.97. The van der Waals surface area contributed by atoms with E-state index in [4.69, 9.17) is 5.11 Å². The van der Waals surface area contributed by atoms with Crippen molar-refractivity contribution in [2.75, 3.05) is 0 Å². The van der Waals surface area contributed by atoms with Crippen molar-refractivity contribution >= 4 is 33.1 Å². The van der Waals surface area contributed by atoms with E-state index in [-0.39, 0.29) is 0 Å². The van der Waals surface area contributed by atoms with Gasteiger partial charge in [-0.25, -0.2) is 9.78 Å². The Morgan fingerprint density at radius 1 is 1.42 bits per heavy atom. The molecule has 1 fully saturated rings. The zero-order chi connectivity index (χ0) is 13.5. The molecule has 19 heavy (non-hydrogen) atoms. The number of aromatic amines is 1. The quantitative estimate of drug-likeness (QED) is 0.792. The molecule has 2 aromatic rings. The van der Waals surface area contributed by atoms with Gasteiger partial charge in [0.2, 0.25) is 0 Å². The Balaban J connectivity index is 2.07. The fraction of sp³-hybridized carbons (Fsp3) is 0.385. The molecule has 1 aromatic carbocycles. The highest BCUT2D eigenvalue weighted by molar-refractivity contribution is 9.10. The van der Waals surface area contributed by atoms with Gasteiger partial charge in [0, 0.05) is 4.47 Å². The summed E-state index contributed by atoms with van der Waals surface area (Å²) >= 11 is 3.42. The third-order valence-corrected chi connectivity index (χ3v) is 4.19. The number of nitrogens with zero attached hydrogens (tertiary/aromatic N) is 1. The SMILES string of the molecule is O=C(O)NC1(c2nc3cc(Br)ccc3[nH]2)CCCC1. The smallest absolute Gasteiger partial charge is 0.405 e. The number of fused-ring (bicyclic) bond motifs is 1. The van der Waals surface area contributed by atoms with Crippen molar-refractivity contribution < 1.29 is 9.90 Å². The van der Waals surface area contributed by atoms with Gasteiger partial charge in [-0.1, -0.05) is 28.8 Å². The number of halogens is 1. The van der Waals surface area contributed by atoms with Gasteiger partial charge < -0.3 is 15.4 Å². The minimum atomic E-state index is -0.997. The van der Waals surface area contributed by atoms with Crippen LogP contribution in [-0.4, -0.2) is 21.2 Å². The number of amides is 1. The molecule has 5 nitrogen and oxygen atoms in total. The van der Waals surface area contributed by atoms with Crippen LogP contribution in [0.25, 0.3) is 11.0 Å². The number of hydrogen-bond acceptors (Lipinski definition) is 2. The maximum Gasteiger partial charge on any atom is 0.405 e. The zero-order valence-electron chi connectivity index (χ0n) is 10.2. The van der Waals surface area contributed by atoms with Gasteiger partial charge in [0.25, 0.3) is 0 Å². The number of imidazole rings is 1. The van der Waals surface area contributed by atoms with Crippen molar-refractivity contribution in [2.24, 2.45) is 0 Å². The second kappa shape index (κ2) is 4.52. The van der Waals surface area contributed by atoms with Crippen LogP contribution < -0.4 is 5.32 Å². The van der Waals surface area contributed by atoms with Crippen LogP contribution >= 0.6 is 15.9 Å². The molecule has 0 saturated heterocycles. The first-order chi connectivity index (χ1) is 9.09. The highest BCUT2D eigenvalue weighted by atomic mass is 79.9. The van der Waals surface area contributed by atoms with Crippen molar-refractivity contribution in [3.63, 3.8) is 0 Å². The predicted molar refractivity (Wildman–Crippen MR) is 75.1 cm³/mol. The number of hydrogen-bond donors (Lipinski definition) is 3. The van der Waals surface area contributed by atoms with Crippen molar-refractivity contribution in [3.8, 4) is 0 Å². The van der Waals surface area contributed by atoms with Crippen LogP contribution in [0.5, 0.6) is 0 Å². The first-order valence-corrected chi connectivity index (χ1v) is 7.05. The molecule has 3 N–H and O–H groups in total. The number of aromatic nitrogens is 2. The van der Waals surface area contributed by atoms with Crippen LogP contribution in [0.4, 0.5) is 4.79 Å². The van der Waals surface area contributed by atoms with Gasteiger partial charge in [-0.3, -0.25) is 0 Å². The number of carbonyl (C=O) groups is 1. The molecule has 0 radical (unpaired) electrons. The molecule has 1 heterocycles. The van der Waals surface area contributed by atoms with Crippen molar-refractivity contribution in [2.45, 2.75) is 31.2 Å². The van der Waals surface area contributed by atoms with Gasteiger partial charge >= 0.3 is 6.09 Å². The molecule has 0 aliphatic heterocycles. The lowest BCUT2D eigenvalue weighted by molar-refractivity contribution is 0.175. The van der Waals surface area contributed by atoms with E-state index in [1.807, 2.05) is 18.2 Å². The largest absolute Gasteiger partial charge is 0.465 e. The molecule has 3 rings (SSSR count). The zero-order valence-corrected chi connectivity index (χ0v) is 11.8. The van der Waals surface area contributed by atoms with Crippen molar-refractivity contribution in [3.05, 3.63) is 28.5 Å². The Morgan fingerprint density at radius 3 is 2.84 bits per heavy atom. The second-order valence-electron chi connectivity index (χ2n) is 4.97. The maximum absolute atomic E-state index is 11.0. The van der Waals surface area contributed by atoms with E-state index in [2.05, 4.69) is 31.2 Å². The highest BCUT2D eigenvalue weighted by Crippen LogP contribution is 2.38. The van der Waals surface area contributed by atoms with E-state index in [1.54, 1.807) is 0 Å². The van der Waals surface area contributed by atoms with E-state index in [1.165, 1.54) is 0 Å². The van der Waals surface area contributed by atoms with Crippen LogP contribution in [0, 0.1) is 0 Å². The number of nitrogens with one attached hydrogen (secondary N) is 2. The molecular weight excluding hydrogens is 310 g/mol. The molecule has 0 unspecified atom stereocenters. The summed E-state index contributed by atoms with van der Waals surface area (Å²) in [4.78, 5) is 18.9. The average molecular weight is 324 g/mol. The van der Waals surface area contributed by atoms with Crippen LogP contribution in [0.15, 0.2) is 22.7 Å². The van der Waals surface area contributed by atoms with Gasteiger partial charge in [0.1, 0.15) is 11.4 Å². The standard InChI is InChI=1S/C13H14BrN3O2/c14-8-3-4-9-10(7-8)16-11(15-9)13(17-12(18)19)5-1-2-6-13/h3-4,7,17H,1-2,5-6H2,(H,15,16)(H,18,19). The molecule has 100 valence electrons. The molecule has 0 bridgehead atoms. The lowest BCUT2D eigenvalue weighted by Gasteiger charge is -2.26. The predicted octanol–water partition coefficient (Wildman–Crippen LogP) is 3.36. The number of carboxylic acid groups (broad SMARTS) is 1. The third-order valence-electron chi connectivity index (χ3n) is 3.70. The fourth-order valence-electron chi connectivity index (χ4n) is 2.81. The summed E-state index contributed by atoms with van der Waals surface area (Å²) in [5.41, 5.74) is 1.22. The highest BCUT2D eigenvalue weighted by Gasteiger charge is 2.39. The summed E-state index contributed by atoms with van der Waals surface area (Å²) in [6.07, 6.45) is 2.62. The third kappa shape index (κ3) is 2.20. The summed E-state index contributed by atoms with van der Waals surface area (Å²) in [5.74, 6) is 0.723. The lowest BCUT2D eigenvalue weighted by Crippen LogP contribution is -2.43. The van der Waals surface area contributed by atoms with Crippen molar-refractivity contribution in [1.29, 1.82) is 0 Å². The minimum absolute atomic E-state index is 0.558. The summed E-state index contributed by atoms with van der Waals surface area (Å²) in [5, 5.41) is 11.7. The fourth-order valence-corrected chi connectivity index (χ4v) is 3.16. The first kappa shape index (κ1) is 12.5. The van der Waals surface area contributed by atoms with Crippen LogP contribution in [-0.2, 0) is 5.54 Å². The Kier molecular flexibility index (Phi) is 2.97. The van der Waals surface area contributed by atoms with Gasteiger partial charge in [0.15, 0.2) is 0 Å². The van der Waals surface area contributed by atoms with Crippen molar-refractivity contribution in [1.82, 2.24) is 15.3 Å². The molecule has 0 atom stereocenters. The van der Waals surface area contributed by atoms with E-state index in [0.29, 0.717) is 0 Å². The Morgan fingerprint density at radius 2 is 2.16 bits per heavy atom. The maximum atomic E-state index is 11.0. The summed E-state index contributed by atoms with van der Waals surface area (Å²) in [7, 11) is 0. The van der Waals surface area contributed by atoms with E-state index in [0.717, 1.165) is 47.0 Å². The van der Waals surface area contributed by atoms with Crippen LogP contribution in [0.2, 0.25) is 0 Å². The number of H-pyrrole nitrogens is 1. The summed E-state index contributed by atoms with van der Waals surface area (Å²) in [6, 6.07) is 5.81. The summed E-state index contributed by atoms with van der Waals surface area (Å²) < 4.78 is 0.963. The minimum Gasteiger partial charge on any atom is -0.465 e. The average Bonchev–Trinajstić information content (AvgIpc) is 2.94. The monoisotopic (exact) mass is 323 g/mol. The Labute approximate surface area is 118 Å². The molecule has 1 amide bonds. The topological polar surface area (TPSA) is 78.0 Å².